The number of fused-ring (bicyclic) bond motifs is 2. The van der Waals surface area contributed by atoms with Crippen LogP contribution >= 0.6 is 11.3 Å². The van der Waals surface area contributed by atoms with Crippen molar-refractivity contribution in [2.75, 3.05) is 0 Å². The van der Waals surface area contributed by atoms with E-state index in [0.29, 0.717) is 0 Å². The Balaban J connectivity index is 1.90. The van der Waals surface area contributed by atoms with Crippen molar-refractivity contribution < 1.29 is 0 Å². The fraction of sp³-hybridized carbons (Fsp3) is 0.385. The van der Waals surface area contributed by atoms with Crippen molar-refractivity contribution in [3.05, 3.63) is 65.2 Å². The van der Waals surface area contributed by atoms with E-state index in [9.17, 15) is 0 Å². The number of benzene rings is 2. The van der Waals surface area contributed by atoms with Crippen LogP contribution in [0.1, 0.15) is 64.6 Å². The van der Waals surface area contributed by atoms with Crippen LogP contribution in [0.3, 0.4) is 0 Å². The molecule has 0 aliphatic rings. The van der Waals surface area contributed by atoms with Crippen LogP contribution < -0.4 is 0 Å². The number of para-hydroxylation sites is 1. The number of thiophene rings is 1. The number of nitrogens with zero attached hydrogens (tertiary/aromatic N) is 1. The van der Waals surface area contributed by atoms with E-state index in [4.69, 9.17) is 0 Å². The minimum atomic E-state index is 0.0831. The molecule has 0 radical (unpaired) electrons. The summed E-state index contributed by atoms with van der Waals surface area (Å²) in [5, 5.41) is 4.94. The monoisotopic (exact) mass is 389 g/mol. The number of hydrogen-bond donors (Lipinski definition) is 0. The number of rotatable bonds is 6. The summed E-state index contributed by atoms with van der Waals surface area (Å²) < 4.78 is 3.91. The minimum Gasteiger partial charge on any atom is -0.312 e. The van der Waals surface area contributed by atoms with Gasteiger partial charge in [0.2, 0.25) is 0 Å². The average Bonchev–Trinajstić information content (AvgIpc) is 3.29. The second-order valence-electron chi connectivity index (χ2n) is 8.94. The average molecular weight is 390 g/mol. The van der Waals surface area contributed by atoms with Crippen LogP contribution in [-0.4, -0.2) is 4.57 Å². The highest BCUT2D eigenvalue weighted by molar-refractivity contribution is 7.17. The second kappa shape index (κ2) is 7.75. The van der Waals surface area contributed by atoms with Crippen LogP contribution in [0, 0.1) is 0 Å². The molecule has 2 heteroatoms. The van der Waals surface area contributed by atoms with E-state index in [1.165, 1.54) is 70.0 Å². The van der Waals surface area contributed by atoms with E-state index in [-0.39, 0.29) is 5.41 Å². The summed E-state index contributed by atoms with van der Waals surface area (Å²) in [7, 11) is 0. The molecule has 0 fully saturated rings. The lowest BCUT2D eigenvalue weighted by molar-refractivity contribution is 0.560. The normalized spacial score (nSPS) is 12.3. The van der Waals surface area contributed by atoms with Crippen LogP contribution in [0.15, 0.2) is 53.9 Å². The van der Waals surface area contributed by atoms with Crippen LogP contribution in [0.4, 0.5) is 0 Å². The molecule has 0 saturated carbocycles. The van der Waals surface area contributed by atoms with Gasteiger partial charge in [0, 0.05) is 16.5 Å². The Kier molecular flexibility index (Phi) is 5.33. The van der Waals surface area contributed by atoms with Crippen molar-refractivity contribution in [2.45, 2.75) is 65.2 Å². The van der Waals surface area contributed by atoms with E-state index < -0.39 is 0 Å². The molecule has 2 aromatic heterocycles. The Morgan fingerprint density at radius 2 is 1.71 bits per heavy atom. The Hall–Kier alpha value is -2.06. The van der Waals surface area contributed by atoms with Gasteiger partial charge in [0.1, 0.15) is 0 Å². The quantitative estimate of drug-likeness (QED) is 0.292. The molecule has 0 aliphatic carbocycles. The van der Waals surface area contributed by atoms with Gasteiger partial charge in [-0.25, -0.2) is 0 Å². The first-order valence-corrected chi connectivity index (χ1v) is 11.5. The Bertz CT molecular complexity index is 1090. The van der Waals surface area contributed by atoms with Crippen molar-refractivity contribution in [3.8, 4) is 5.69 Å². The topological polar surface area (TPSA) is 4.93 Å². The molecule has 0 amide bonds. The molecule has 146 valence electrons. The molecule has 0 bridgehead atoms. The van der Waals surface area contributed by atoms with Crippen molar-refractivity contribution in [2.24, 2.45) is 0 Å². The number of unbranched alkanes of at least 4 members (excludes halogenated alkanes) is 3. The highest BCUT2D eigenvalue weighted by atomic mass is 32.1. The molecule has 0 saturated heterocycles. The van der Waals surface area contributed by atoms with Gasteiger partial charge in [-0.15, -0.1) is 11.3 Å². The summed E-state index contributed by atoms with van der Waals surface area (Å²) in [6.45, 7) is 9.23. The Labute approximate surface area is 173 Å². The molecule has 0 N–H and O–H groups in total. The molecular weight excluding hydrogens is 358 g/mol. The molecule has 4 rings (SSSR count). The van der Waals surface area contributed by atoms with Crippen molar-refractivity contribution in [1.29, 1.82) is 0 Å². The molecule has 0 atom stereocenters. The third kappa shape index (κ3) is 3.63. The predicted molar refractivity (Wildman–Crippen MR) is 125 cm³/mol. The molecular formula is C26H31NS. The first kappa shape index (κ1) is 19.3. The van der Waals surface area contributed by atoms with Gasteiger partial charge in [0.15, 0.2) is 0 Å². The summed E-state index contributed by atoms with van der Waals surface area (Å²) in [5.41, 5.74) is 5.59. The first-order chi connectivity index (χ1) is 13.5. The maximum absolute atomic E-state index is 2.52. The van der Waals surface area contributed by atoms with Gasteiger partial charge in [0.05, 0.1) is 15.9 Å². The van der Waals surface area contributed by atoms with Gasteiger partial charge < -0.3 is 4.57 Å². The van der Waals surface area contributed by atoms with Crippen LogP contribution in [0.2, 0.25) is 0 Å². The van der Waals surface area contributed by atoms with Crippen LogP contribution in [0.25, 0.3) is 26.7 Å². The summed E-state index contributed by atoms with van der Waals surface area (Å²) in [5.74, 6) is 0. The van der Waals surface area contributed by atoms with Gasteiger partial charge >= 0.3 is 0 Å². The van der Waals surface area contributed by atoms with Gasteiger partial charge in [0.25, 0.3) is 0 Å². The second-order valence-corrected chi connectivity index (χ2v) is 9.85. The number of aromatic nitrogens is 1. The summed E-state index contributed by atoms with van der Waals surface area (Å²) in [6.07, 6.45) is 6.40. The fourth-order valence-electron chi connectivity index (χ4n) is 4.16. The van der Waals surface area contributed by atoms with Gasteiger partial charge in [-0.1, -0.05) is 71.2 Å². The lowest BCUT2D eigenvalue weighted by atomic mass is 9.91. The lowest BCUT2D eigenvalue weighted by Crippen LogP contribution is -2.16. The first-order valence-electron chi connectivity index (χ1n) is 10.6. The van der Waals surface area contributed by atoms with Crippen molar-refractivity contribution >= 4 is 32.3 Å². The molecule has 28 heavy (non-hydrogen) atoms. The van der Waals surface area contributed by atoms with E-state index >= 15 is 0 Å². The molecule has 0 aliphatic heterocycles. The molecule has 1 nitrogen and oxygen atoms in total. The largest absolute Gasteiger partial charge is 0.312 e. The maximum Gasteiger partial charge on any atom is 0.0639 e. The zero-order valence-corrected chi connectivity index (χ0v) is 18.4. The SMILES string of the molecule is CCCCCCc1cc(-n2c(C(C)(C)C)cc3ccccc32)c2sccc2c1. The standard InChI is InChI=1S/C26H31NS/c1-5-6-7-8-11-19-16-21-14-15-28-25(21)23(17-19)27-22-13-10-9-12-20(22)18-24(27)26(2,3)4/h9-10,12-18H,5-8,11H2,1-4H3. The summed E-state index contributed by atoms with van der Waals surface area (Å²) in [4.78, 5) is 0. The molecule has 0 spiro atoms. The molecule has 0 unspecified atom stereocenters. The third-order valence-electron chi connectivity index (χ3n) is 5.63. The van der Waals surface area contributed by atoms with E-state index in [0.717, 1.165) is 0 Å². The zero-order valence-electron chi connectivity index (χ0n) is 17.6. The zero-order chi connectivity index (χ0) is 19.7. The predicted octanol–water partition coefficient (Wildman–Crippen LogP) is 8.27. The van der Waals surface area contributed by atoms with E-state index in [2.05, 4.69) is 86.2 Å². The summed E-state index contributed by atoms with van der Waals surface area (Å²) >= 11 is 1.86. The molecule has 4 aromatic rings. The highest BCUT2D eigenvalue weighted by Gasteiger charge is 2.23. The van der Waals surface area contributed by atoms with E-state index in [1.54, 1.807) is 0 Å². The van der Waals surface area contributed by atoms with Crippen LogP contribution in [0.5, 0.6) is 0 Å². The Morgan fingerprint density at radius 3 is 2.50 bits per heavy atom. The summed E-state index contributed by atoms with van der Waals surface area (Å²) in [6, 6.07) is 18.3. The molecule has 2 heterocycles. The van der Waals surface area contributed by atoms with Gasteiger partial charge in [-0.05, 0) is 53.4 Å². The maximum atomic E-state index is 2.52. The lowest BCUT2D eigenvalue weighted by Gasteiger charge is -2.23. The minimum absolute atomic E-state index is 0.0831. The van der Waals surface area contributed by atoms with E-state index in [1.807, 2.05) is 11.3 Å². The van der Waals surface area contributed by atoms with Crippen molar-refractivity contribution in [1.82, 2.24) is 4.57 Å². The van der Waals surface area contributed by atoms with Crippen molar-refractivity contribution in [3.63, 3.8) is 0 Å². The fourth-order valence-corrected chi connectivity index (χ4v) is 5.04. The Morgan fingerprint density at radius 1 is 0.893 bits per heavy atom. The van der Waals surface area contributed by atoms with Crippen LogP contribution in [-0.2, 0) is 11.8 Å². The molecule has 2 aromatic carbocycles. The third-order valence-corrected chi connectivity index (χ3v) is 6.58. The smallest absolute Gasteiger partial charge is 0.0639 e. The number of aryl methyl sites for hydroxylation is 1. The number of hydrogen-bond acceptors (Lipinski definition) is 1. The van der Waals surface area contributed by atoms with Gasteiger partial charge in [-0.2, -0.15) is 0 Å². The van der Waals surface area contributed by atoms with Gasteiger partial charge in [-0.3, -0.25) is 0 Å². The highest BCUT2D eigenvalue weighted by Crippen LogP contribution is 2.37.